The van der Waals surface area contributed by atoms with E-state index in [9.17, 15) is 0 Å². The molecule has 3 nitrogen and oxygen atoms in total. The van der Waals surface area contributed by atoms with Crippen LogP contribution in [0.5, 0.6) is 0 Å². The maximum absolute atomic E-state index is 6.35. The summed E-state index contributed by atoms with van der Waals surface area (Å²) in [4.78, 5) is 0. The molecule has 4 aliphatic rings. The Morgan fingerprint density at radius 1 is 1.00 bits per heavy atom. The molecule has 2 aliphatic heterocycles. The van der Waals surface area contributed by atoms with Gasteiger partial charge in [-0.1, -0.05) is 0 Å². The Labute approximate surface area is 96.4 Å². The highest BCUT2D eigenvalue weighted by atomic mass is 16.6. The molecule has 2 heterocycles. The standard InChI is InChI=1S/C13H20O3/c1-13(5-4-10-12(7-13)15-10)16-8-2-3-9-11(6-8)14-9/h8-12H,2-7H2,1H3. The molecule has 0 bridgehead atoms. The van der Waals surface area contributed by atoms with Crippen molar-refractivity contribution in [1.29, 1.82) is 0 Å². The molecule has 0 aromatic carbocycles. The van der Waals surface area contributed by atoms with Crippen LogP contribution in [0, 0.1) is 0 Å². The topological polar surface area (TPSA) is 34.3 Å². The maximum atomic E-state index is 6.35. The van der Waals surface area contributed by atoms with Crippen LogP contribution >= 0.6 is 0 Å². The minimum absolute atomic E-state index is 0.0735. The fourth-order valence-corrected chi connectivity index (χ4v) is 3.57. The van der Waals surface area contributed by atoms with E-state index in [-0.39, 0.29) is 5.60 Å². The van der Waals surface area contributed by atoms with Crippen LogP contribution in [0.15, 0.2) is 0 Å². The zero-order chi connectivity index (χ0) is 10.8. The predicted molar refractivity (Wildman–Crippen MR) is 58.3 cm³/mol. The van der Waals surface area contributed by atoms with Crippen molar-refractivity contribution in [1.82, 2.24) is 0 Å². The highest BCUT2D eigenvalue weighted by Gasteiger charge is 2.51. The highest BCUT2D eigenvalue weighted by molar-refractivity contribution is 5.00. The van der Waals surface area contributed by atoms with Crippen molar-refractivity contribution < 1.29 is 14.2 Å². The number of hydrogen-bond donors (Lipinski definition) is 0. The average Bonchev–Trinajstić information content (AvgIpc) is 3.08. The molecule has 2 saturated carbocycles. The molecule has 0 aromatic heterocycles. The summed E-state index contributed by atoms with van der Waals surface area (Å²) in [6.07, 6.45) is 9.58. The van der Waals surface area contributed by atoms with E-state index >= 15 is 0 Å². The lowest BCUT2D eigenvalue weighted by Crippen LogP contribution is -2.39. The molecule has 3 heteroatoms. The van der Waals surface area contributed by atoms with E-state index in [0.717, 1.165) is 12.8 Å². The Balaban J connectivity index is 1.37. The summed E-state index contributed by atoms with van der Waals surface area (Å²) in [6.45, 7) is 2.27. The number of fused-ring (bicyclic) bond motifs is 2. The Morgan fingerprint density at radius 3 is 2.62 bits per heavy atom. The monoisotopic (exact) mass is 224 g/mol. The smallest absolute Gasteiger partial charge is 0.0869 e. The largest absolute Gasteiger partial charge is 0.372 e. The van der Waals surface area contributed by atoms with Crippen molar-refractivity contribution in [3.8, 4) is 0 Å². The van der Waals surface area contributed by atoms with Gasteiger partial charge >= 0.3 is 0 Å². The van der Waals surface area contributed by atoms with Gasteiger partial charge in [0.05, 0.1) is 36.1 Å². The van der Waals surface area contributed by atoms with E-state index in [4.69, 9.17) is 14.2 Å². The number of epoxide rings is 2. The Hall–Kier alpha value is -0.120. The lowest BCUT2D eigenvalue weighted by atomic mass is 9.85. The summed E-state index contributed by atoms with van der Waals surface area (Å²) >= 11 is 0. The molecule has 90 valence electrons. The summed E-state index contributed by atoms with van der Waals surface area (Å²) in [5.41, 5.74) is 0.0735. The SMILES string of the molecule is CC1(OC2CCC3OC3C2)CCC2OC2C1. The molecular weight excluding hydrogens is 204 g/mol. The molecular formula is C13H20O3. The van der Waals surface area contributed by atoms with Gasteiger partial charge in [-0.05, 0) is 32.6 Å². The molecule has 0 spiro atoms. The highest BCUT2D eigenvalue weighted by Crippen LogP contribution is 2.46. The lowest BCUT2D eigenvalue weighted by Gasteiger charge is -2.36. The van der Waals surface area contributed by atoms with Crippen LogP contribution in [0.1, 0.15) is 45.4 Å². The van der Waals surface area contributed by atoms with Crippen LogP contribution < -0.4 is 0 Å². The van der Waals surface area contributed by atoms with E-state index in [2.05, 4.69) is 6.92 Å². The third-order valence-electron chi connectivity index (χ3n) is 4.69. The maximum Gasteiger partial charge on any atom is 0.0869 e. The fourth-order valence-electron chi connectivity index (χ4n) is 3.57. The molecule has 2 aliphatic carbocycles. The second kappa shape index (κ2) is 3.21. The zero-order valence-electron chi connectivity index (χ0n) is 9.85. The van der Waals surface area contributed by atoms with Gasteiger partial charge in [-0.25, -0.2) is 0 Å². The summed E-state index contributed by atoms with van der Waals surface area (Å²) < 4.78 is 17.5. The lowest BCUT2D eigenvalue weighted by molar-refractivity contribution is -0.107. The van der Waals surface area contributed by atoms with Crippen molar-refractivity contribution >= 4 is 0 Å². The molecule has 0 aromatic rings. The Kier molecular flexibility index (Phi) is 1.98. The van der Waals surface area contributed by atoms with Crippen molar-refractivity contribution in [2.24, 2.45) is 0 Å². The predicted octanol–water partition coefficient (Wildman–Crippen LogP) is 2.03. The summed E-state index contributed by atoms with van der Waals surface area (Å²) in [7, 11) is 0. The van der Waals surface area contributed by atoms with Crippen molar-refractivity contribution in [3.05, 3.63) is 0 Å². The number of hydrogen-bond acceptors (Lipinski definition) is 3. The first-order valence-corrected chi connectivity index (χ1v) is 6.71. The molecule has 2 saturated heterocycles. The molecule has 4 rings (SSSR count). The number of ether oxygens (including phenoxy) is 3. The Bertz CT molecular complexity index is 306. The second-order valence-corrected chi connectivity index (χ2v) is 6.17. The van der Waals surface area contributed by atoms with Crippen LogP contribution in [0.25, 0.3) is 0 Å². The third kappa shape index (κ3) is 1.69. The normalized spacial score (nSPS) is 58.7. The summed E-state index contributed by atoms with van der Waals surface area (Å²) in [6, 6.07) is 0. The van der Waals surface area contributed by atoms with E-state index in [1.807, 2.05) is 0 Å². The van der Waals surface area contributed by atoms with Crippen molar-refractivity contribution in [2.45, 2.75) is 81.6 Å². The quantitative estimate of drug-likeness (QED) is 0.673. The van der Waals surface area contributed by atoms with Crippen LogP contribution in [0.3, 0.4) is 0 Å². The van der Waals surface area contributed by atoms with Gasteiger partial charge in [0.15, 0.2) is 0 Å². The molecule has 0 N–H and O–H groups in total. The van der Waals surface area contributed by atoms with Gasteiger partial charge in [0.25, 0.3) is 0 Å². The fraction of sp³-hybridized carbons (Fsp3) is 1.00. The van der Waals surface area contributed by atoms with Gasteiger partial charge in [-0.3, -0.25) is 0 Å². The van der Waals surface area contributed by atoms with Gasteiger partial charge < -0.3 is 14.2 Å². The van der Waals surface area contributed by atoms with Crippen LogP contribution in [0.4, 0.5) is 0 Å². The summed E-state index contributed by atoms with van der Waals surface area (Å²) in [5, 5.41) is 0. The van der Waals surface area contributed by atoms with Crippen LogP contribution in [-0.4, -0.2) is 36.1 Å². The molecule has 6 atom stereocenters. The van der Waals surface area contributed by atoms with Crippen LogP contribution in [0.2, 0.25) is 0 Å². The van der Waals surface area contributed by atoms with E-state index in [1.165, 1.54) is 25.7 Å². The van der Waals surface area contributed by atoms with Crippen molar-refractivity contribution in [2.75, 3.05) is 0 Å². The van der Waals surface area contributed by atoms with Crippen LogP contribution in [-0.2, 0) is 14.2 Å². The number of rotatable bonds is 2. The average molecular weight is 224 g/mol. The van der Waals surface area contributed by atoms with Gasteiger partial charge in [-0.2, -0.15) is 0 Å². The third-order valence-corrected chi connectivity index (χ3v) is 4.69. The minimum atomic E-state index is 0.0735. The van der Waals surface area contributed by atoms with E-state index < -0.39 is 0 Å². The zero-order valence-corrected chi connectivity index (χ0v) is 9.85. The second-order valence-electron chi connectivity index (χ2n) is 6.17. The van der Waals surface area contributed by atoms with E-state index in [1.54, 1.807) is 0 Å². The molecule has 0 radical (unpaired) electrons. The van der Waals surface area contributed by atoms with Crippen molar-refractivity contribution in [3.63, 3.8) is 0 Å². The first-order valence-electron chi connectivity index (χ1n) is 6.71. The molecule has 0 amide bonds. The minimum Gasteiger partial charge on any atom is -0.372 e. The van der Waals surface area contributed by atoms with Gasteiger partial charge in [0, 0.05) is 12.8 Å². The Morgan fingerprint density at radius 2 is 1.81 bits per heavy atom. The summed E-state index contributed by atoms with van der Waals surface area (Å²) in [5.74, 6) is 0. The van der Waals surface area contributed by atoms with Gasteiger partial charge in [-0.15, -0.1) is 0 Å². The van der Waals surface area contributed by atoms with E-state index in [0.29, 0.717) is 30.5 Å². The molecule has 16 heavy (non-hydrogen) atoms. The molecule has 6 unspecified atom stereocenters. The first kappa shape index (κ1) is 9.86. The van der Waals surface area contributed by atoms with Gasteiger partial charge in [0.1, 0.15) is 0 Å². The molecule has 4 fully saturated rings. The van der Waals surface area contributed by atoms with Gasteiger partial charge in [0.2, 0.25) is 0 Å². The first-order chi connectivity index (χ1) is 7.72.